The average molecular weight is 159 g/mol. The maximum atomic E-state index is 7.33. The maximum Gasteiger partial charge on any atom is 1.00 e. The van der Waals surface area contributed by atoms with Crippen molar-refractivity contribution >= 4 is 9.05 Å². The maximum absolute atomic E-state index is 7.33. The molecule has 0 bridgehead atoms. The predicted octanol–water partition coefficient (Wildman–Crippen LogP) is -5.49. The van der Waals surface area contributed by atoms with Crippen LogP contribution < -0.4 is 18.9 Å². The Labute approximate surface area is 65.8 Å². The summed E-state index contributed by atoms with van der Waals surface area (Å²) in [4.78, 5) is 29.3. The van der Waals surface area contributed by atoms with Crippen molar-refractivity contribution < 1.29 is 56.5 Å². The monoisotopic (exact) mass is 159 g/mol. The molecule has 0 heterocycles. The van der Waals surface area contributed by atoms with E-state index in [1.165, 1.54) is 0 Å². The summed E-state index contributed by atoms with van der Waals surface area (Å²) >= 11 is 0. The SMILES string of the molecule is O[Si](O)(O)O.[H-].[Li+].[Mn]. The molecule has 7 heavy (non-hydrogen) atoms. The Morgan fingerprint density at radius 2 is 1.00 bits per heavy atom. The van der Waals surface area contributed by atoms with Crippen LogP contribution in [0.1, 0.15) is 1.43 Å². The first-order chi connectivity index (χ1) is 2.00. The van der Waals surface area contributed by atoms with Crippen LogP contribution in [-0.4, -0.2) is 28.2 Å². The summed E-state index contributed by atoms with van der Waals surface area (Å²) in [6.07, 6.45) is 0. The van der Waals surface area contributed by atoms with Crippen LogP contribution in [0.15, 0.2) is 0 Å². The van der Waals surface area contributed by atoms with Gasteiger partial charge in [0.1, 0.15) is 0 Å². The Morgan fingerprint density at radius 3 is 1.00 bits per heavy atom. The zero-order valence-electron chi connectivity index (χ0n) is 4.67. The van der Waals surface area contributed by atoms with Gasteiger partial charge in [0.05, 0.1) is 0 Å². The first kappa shape index (κ1) is 15.7. The van der Waals surface area contributed by atoms with Crippen LogP contribution in [0.3, 0.4) is 0 Å². The number of hydrogen-bond donors (Lipinski definition) is 4. The third-order valence-electron chi connectivity index (χ3n) is 0. The molecule has 0 aromatic heterocycles. The van der Waals surface area contributed by atoms with Crippen LogP contribution in [-0.2, 0) is 17.1 Å². The van der Waals surface area contributed by atoms with Gasteiger partial charge in [-0.1, -0.05) is 0 Å². The van der Waals surface area contributed by atoms with Gasteiger partial charge in [-0.2, -0.15) is 0 Å². The van der Waals surface area contributed by atoms with Crippen molar-refractivity contribution in [2.75, 3.05) is 0 Å². The Morgan fingerprint density at radius 1 is 1.00 bits per heavy atom. The molecule has 0 aliphatic carbocycles. The first-order valence-corrected chi connectivity index (χ1v) is 2.68. The minimum Gasteiger partial charge on any atom is -1.00 e. The van der Waals surface area contributed by atoms with Crippen LogP contribution in [0.2, 0.25) is 0 Å². The molecule has 1 radical (unpaired) electrons. The van der Waals surface area contributed by atoms with Crippen LogP contribution in [0.5, 0.6) is 0 Å². The topological polar surface area (TPSA) is 80.9 Å². The molecule has 0 atom stereocenters. The smallest absolute Gasteiger partial charge is 1.00 e. The molecule has 4 nitrogen and oxygen atoms in total. The fourth-order valence-electron chi connectivity index (χ4n) is 0. The van der Waals surface area contributed by atoms with Crippen molar-refractivity contribution in [1.29, 1.82) is 0 Å². The van der Waals surface area contributed by atoms with Crippen molar-refractivity contribution in [1.82, 2.24) is 0 Å². The van der Waals surface area contributed by atoms with Crippen LogP contribution in [0.25, 0.3) is 0 Å². The molecule has 0 aliphatic heterocycles. The van der Waals surface area contributed by atoms with E-state index in [4.69, 9.17) is 19.2 Å². The summed E-state index contributed by atoms with van der Waals surface area (Å²) in [6.45, 7) is 0. The van der Waals surface area contributed by atoms with Gasteiger partial charge in [0, 0.05) is 17.1 Å². The molecule has 0 rings (SSSR count). The predicted molar refractivity (Wildman–Crippen MR) is 15.7 cm³/mol. The molecule has 0 saturated carbocycles. The Bertz CT molecular complexity index is 31.5. The zero-order valence-corrected chi connectivity index (χ0v) is 5.85. The normalized spacial score (nSPS) is 8.57. The fourth-order valence-corrected chi connectivity index (χ4v) is 0. The minimum atomic E-state index is -4.61. The van der Waals surface area contributed by atoms with Crippen molar-refractivity contribution in [3.05, 3.63) is 0 Å². The molecule has 7 heteroatoms. The average Bonchev–Trinajstić information content (AvgIpc) is 0.722. The standard InChI is InChI=1S/Li.Mn.H4O4Si.H/c;;1-5(2,3)4;/h;;1-4H;/q+1;;;-1. The van der Waals surface area contributed by atoms with E-state index < -0.39 is 9.05 Å². The van der Waals surface area contributed by atoms with E-state index in [9.17, 15) is 0 Å². The molecule has 4 N–H and O–H groups in total. The Balaban J connectivity index is -0.0000000267. The van der Waals surface area contributed by atoms with E-state index >= 15 is 0 Å². The van der Waals surface area contributed by atoms with E-state index in [1.807, 2.05) is 0 Å². The Kier molecular flexibility index (Phi) is 11.9. The Hall–Kier alpha value is 1.17. The van der Waals surface area contributed by atoms with Gasteiger partial charge in [-0.15, -0.1) is 0 Å². The second kappa shape index (κ2) is 5.31. The number of hydrogen-bond acceptors (Lipinski definition) is 4. The summed E-state index contributed by atoms with van der Waals surface area (Å²) in [6, 6.07) is 0. The molecule has 0 aromatic carbocycles. The summed E-state index contributed by atoms with van der Waals surface area (Å²) < 4.78 is 0. The van der Waals surface area contributed by atoms with Gasteiger partial charge in [0.25, 0.3) is 0 Å². The van der Waals surface area contributed by atoms with E-state index in [0.29, 0.717) is 0 Å². The number of rotatable bonds is 0. The molecule has 0 amide bonds. The third kappa shape index (κ3) is 139. The molecular weight excluding hydrogens is 154 g/mol. The van der Waals surface area contributed by atoms with Gasteiger partial charge < -0.3 is 20.6 Å². The minimum absolute atomic E-state index is 0. The fraction of sp³-hybridized carbons (Fsp3) is 0. The van der Waals surface area contributed by atoms with Crippen molar-refractivity contribution in [3.63, 3.8) is 0 Å². The first-order valence-electron chi connectivity index (χ1n) is 0.894. The molecule has 0 aliphatic rings. The van der Waals surface area contributed by atoms with Crippen LogP contribution in [0.4, 0.5) is 0 Å². The summed E-state index contributed by atoms with van der Waals surface area (Å²) in [5, 5.41) is 0. The van der Waals surface area contributed by atoms with Gasteiger partial charge in [-0.05, 0) is 0 Å². The third-order valence-corrected chi connectivity index (χ3v) is 0. The van der Waals surface area contributed by atoms with Gasteiger partial charge in [0.15, 0.2) is 0 Å². The van der Waals surface area contributed by atoms with Crippen molar-refractivity contribution in [2.45, 2.75) is 0 Å². The van der Waals surface area contributed by atoms with Crippen LogP contribution >= 0.6 is 0 Å². The van der Waals surface area contributed by atoms with E-state index in [2.05, 4.69) is 0 Å². The summed E-state index contributed by atoms with van der Waals surface area (Å²) in [7, 11) is -4.61. The van der Waals surface area contributed by atoms with E-state index in [1.54, 1.807) is 0 Å². The largest absolute Gasteiger partial charge is 1.00 e. The molecule has 0 spiro atoms. The van der Waals surface area contributed by atoms with Crippen molar-refractivity contribution in [3.8, 4) is 0 Å². The quantitative estimate of drug-likeness (QED) is 0.266. The van der Waals surface area contributed by atoms with Gasteiger partial charge in [-0.25, -0.2) is 0 Å². The van der Waals surface area contributed by atoms with Crippen LogP contribution in [0, 0.1) is 0 Å². The van der Waals surface area contributed by atoms with Gasteiger partial charge >= 0.3 is 27.9 Å². The summed E-state index contributed by atoms with van der Waals surface area (Å²) in [5.41, 5.74) is 0. The molecule has 0 fully saturated rings. The van der Waals surface area contributed by atoms with E-state index in [-0.39, 0.29) is 37.4 Å². The molecule has 0 saturated heterocycles. The van der Waals surface area contributed by atoms with Gasteiger partial charge in [0.2, 0.25) is 0 Å². The van der Waals surface area contributed by atoms with E-state index in [0.717, 1.165) is 0 Å². The second-order valence-corrected chi connectivity index (χ2v) is 1.80. The van der Waals surface area contributed by atoms with Crippen molar-refractivity contribution in [2.24, 2.45) is 0 Å². The molecule has 41 valence electrons. The zero-order chi connectivity index (χ0) is 4.50. The molecule has 0 unspecified atom stereocenters. The summed E-state index contributed by atoms with van der Waals surface area (Å²) in [5.74, 6) is 0. The molecular formula is H5LiMnO4Si. The molecule has 0 aromatic rings. The second-order valence-electron chi connectivity index (χ2n) is 0.600. The van der Waals surface area contributed by atoms with Gasteiger partial charge in [-0.3, -0.25) is 0 Å².